The Morgan fingerprint density at radius 2 is 1.95 bits per heavy atom. The standard InChI is InChI=1S/C17H26N2O/c1-13-8-6-7-11-16(13)19-17(20)12-18-14(2)15-9-4-3-5-10-15/h3-5,9-10,13-14,16,18H,6-8,11-12H2,1-2H3,(H,19,20)/t13-,14+,16-/m1/s1. The first kappa shape index (κ1) is 15.0. The molecule has 3 atom stereocenters. The van der Waals surface area contributed by atoms with Gasteiger partial charge in [0.1, 0.15) is 0 Å². The third-order valence-corrected chi connectivity index (χ3v) is 4.33. The van der Waals surface area contributed by atoms with E-state index in [2.05, 4.69) is 36.6 Å². The molecule has 1 aliphatic carbocycles. The van der Waals surface area contributed by atoms with E-state index in [4.69, 9.17) is 0 Å². The predicted octanol–water partition coefficient (Wildman–Crippen LogP) is 3.03. The maximum absolute atomic E-state index is 12.0. The third-order valence-electron chi connectivity index (χ3n) is 4.33. The average molecular weight is 274 g/mol. The first-order valence-corrected chi connectivity index (χ1v) is 7.74. The minimum absolute atomic E-state index is 0.117. The lowest BCUT2D eigenvalue weighted by Gasteiger charge is -2.29. The van der Waals surface area contributed by atoms with E-state index in [0.29, 0.717) is 18.5 Å². The fourth-order valence-corrected chi connectivity index (χ4v) is 2.89. The highest BCUT2D eigenvalue weighted by Crippen LogP contribution is 2.23. The van der Waals surface area contributed by atoms with E-state index in [1.54, 1.807) is 0 Å². The molecule has 3 heteroatoms. The molecule has 0 unspecified atom stereocenters. The van der Waals surface area contributed by atoms with Gasteiger partial charge in [-0.3, -0.25) is 4.79 Å². The van der Waals surface area contributed by atoms with E-state index < -0.39 is 0 Å². The van der Waals surface area contributed by atoms with E-state index in [-0.39, 0.29) is 11.9 Å². The lowest BCUT2D eigenvalue weighted by molar-refractivity contribution is -0.121. The smallest absolute Gasteiger partial charge is 0.234 e. The number of hydrogen-bond donors (Lipinski definition) is 2. The zero-order chi connectivity index (χ0) is 14.4. The average Bonchev–Trinajstić information content (AvgIpc) is 2.48. The molecule has 0 saturated heterocycles. The first-order chi connectivity index (χ1) is 9.66. The molecule has 0 spiro atoms. The second-order valence-electron chi connectivity index (χ2n) is 5.95. The van der Waals surface area contributed by atoms with Crippen molar-refractivity contribution in [3.8, 4) is 0 Å². The van der Waals surface area contributed by atoms with Gasteiger partial charge in [-0.05, 0) is 31.2 Å². The van der Waals surface area contributed by atoms with Crippen LogP contribution in [-0.4, -0.2) is 18.5 Å². The molecule has 0 heterocycles. The van der Waals surface area contributed by atoms with E-state index in [1.807, 2.05) is 18.2 Å². The van der Waals surface area contributed by atoms with Gasteiger partial charge in [0.15, 0.2) is 0 Å². The zero-order valence-electron chi connectivity index (χ0n) is 12.6. The van der Waals surface area contributed by atoms with Crippen LogP contribution in [0.15, 0.2) is 30.3 Å². The van der Waals surface area contributed by atoms with Gasteiger partial charge in [0, 0.05) is 12.1 Å². The molecular formula is C17H26N2O. The van der Waals surface area contributed by atoms with Crippen molar-refractivity contribution in [2.45, 2.75) is 51.6 Å². The van der Waals surface area contributed by atoms with Gasteiger partial charge in [-0.15, -0.1) is 0 Å². The van der Waals surface area contributed by atoms with Gasteiger partial charge in [0.2, 0.25) is 5.91 Å². The van der Waals surface area contributed by atoms with Gasteiger partial charge >= 0.3 is 0 Å². The molecule has 1 aliphatic rings. The van der Waals surface area contributed by atoms with Gasteiger partial charge in [-0.2, -0.15) is 0 Å². The van der Waals surface area contributed by atoms with Crippen molar-refractivity contribution in [2.24, 2.45) is 5.92 Å². The number of nitrogens with one attached hydrogen (secondary N) is 2. The molecule has 1 fully saturated rings. The third kappa shape index (κ3) is 4.34. The largest absolute Gasteiger partial charge is 0.352 e. The summed E-state index contributed by atoms with van der Waals surface area (Å²) in [7, 11) is 0. The number of amides is 1. The second kappa shape index (κ2) is 7.44. The first-order valence-electron chi connectivity index (χ1n) is 7.74. The number of carbonyl (C=O) groups is 1. The van der Waals surface area contributed by atoms with Gasteiger partial charge in [-0.25, -0.2) is 0 Å². The van der Waals surface area contributed by atoms with Crippen molar-refractivity contribution in [1.82, 2.24) is 10.6 Å². The van der Waals surface area contributed by atoms with Crippen LogP contribution in [0.3, 0.4) is 0 Å². The van der Waals surface area contributed by atoms with Crippen molar-refractivity contribution in [1.29, 1.82) is 0 Å². The Morgan fingerprint density at radius 3 is 2.65 bits per heavy atom. The van der Waals surface area contributed by atoms with E-state index in [9.17, 15) is 4.79 Å². The highest BCUT2D eigenvalue weighted by atomic mass is 16.2. The van der Waals surface area contributed by atoms with Crippen molar-refractivity contribution < 1.29 is 4.79 Å². The highest BCUT2D eigenvalue weighted by molar-refractivity contribution is 5.78. The van der Waals surface area contributed by atoms with Gasteiger partial charge < -0.3 is 10.6 Å². The lowest BCUT2D eigenvalue weighted by atomic mass is 9.86. The summed E-state index contributed by atoms with van der Waals surface area (Å²) in [5, 5.41) is 6.47. The summed E-state index contributed by atoms with van der Waals surface area (Å²) in [6, 6.07) is 10.8. The van der Waals surface area contributed by atoms with E-state index in [1.165, 1.54) is 24.8 Å². The molecule has 1 saturated carbocycles. The monoisotopic (exact) mass is 274 g/mol. The van der Waals surface area contributed by atoms with Crippen molar-refractivity contribution in [3.63, 3.8) is 0 Å². The summed E-state index contributed by atoms with van der Waals surface area (Å²) in [5.74, 6) is 0.728. The number of carbonyl (C=O) groups excluding carboxylic acids is 1. The summed E-state index contributed by atoms with van der Waals surface area (Å²) in [5.41, 5.74) is 1.21. The second-order valence-corrected chi connectivity index (χ2v) is 5.95. The van der Waals surface area contributed by atoms with Crippen molar-refractivity contribution in [3.05, 3.63) is 35.9 Å². The molecule has 0 aliphatic heterocycles. The lowest BCUT2D eigenvalue weighted by Crippen LogP contribution is -2.45. The van der Waals surface area contributed by atoms with Crippen molar-refractivity contribution >= 4 is 5.91 Å². The number of rotatable bonds is 5. The van der Waals surface area contributed by atoms with Crippen LogP contribution in [0, 0.1) is 5.92 Å². The molecular weight excluding hydrogens is 248 g/mol. The van der Waals surface area contributed by atoms with Crippen LogP contribution in [-0.2, 0) is 4.79 Å². The van der Waals surface area contributed by atoms with Gasteiger partial charge in [0.05, 0.1) is 6.54 Å². The Hall–Kier alpha value is -1.35. The van der Waals surface area contributed by atoms with Crippen LogP contribution in [0.4, 0.5) is 0 Å². The normalized spacial score (nSPS) is 24.1. The summed E-state index contributed by atoms with van der Waals surface area (Å²) >= 11 is 0. The Morgan fingerprint density at radius 1 is 1.25 bits per heavy atom. The SMILES string of the molecule is C[C@H](NCC(=O)N[C@@H]1CCCC[C@H]1C)c1ccccc1. The van der Waals surface area contributed by atoms with Gasteiger partial charge in [0.25, 0.3) is 0 Å². The fourth-order valence-electron chi connectivity index (χ4n) is 2.89. The van der Waals surface area contributed by atoms with Crippen LogP contribution in [0.2, 0.25) is 0 Å². The Bertz CT molecular complexity index is 418. The number of benzene rings is 1. The highest BCUT2D eigenvalue weighted by Gasteiger charge is 2.22. The molecule has 2 rings (SSSR count). The van der Waals surface area contributed by atoms with Crippen LogP contribution in [0.1, 0.15) is 51.1 Å². The fraction of sp³-hybridized carbons (Fsp3) is 0.588. The molecule has 1 aromatic rings. The van der Waals surface area contributed by atoms with Crippen LogP contribution >= 0.6 is 0 Å². The summed E-state index contributed by atoms with van der Waals surface area (Å²) < 4.78 is 0. The van der Waals surface area contributed by atoms with Crippen LogP contribution < -0.4 is 10.6 Å². The molecule has 0 radical (unpaired) electrons. The quantitative estimate of drug-likeness (QED) is 0.866. The van der Waals surface area contributed by atoms with Crippen LogP contribution in [0.25, 0.3) is 0 Å². The molecule has 110 valence electrons. The maximum atomic E-state index is 12.0. The minimum atomic E-state index is 0.117. The summed E-state index contributed by atoms with van der Waals surface area (Å²) in [4.78, 5) is 12.0. The summed E-state index contributed by atoms with van der Waals surface area (Å²) in [6.07, 6.45) is 4.90. The molecule has 0 bridgehead atoms. The Balaban J connectivity index is 1.74. The molecule has 0 aromatic heterocycles. The topological polar surface area (TPSA) is 41.1 Å². The van der Waals surface area contributed by atoms with Crippen molar-refractivity contribution in [2.75, 3.05) is 6.54 Å². The minimum Gasteiger partial charge on any atom is -0.352 e. The zero-order valence-corrected chi connectivity index (χ0v) is 12.6. The molecule has 1 aromatic carbocycles. The maximum Gasteiger partial charge on any atom is 0.234 e. The molecule has 2 N–H and O–H groups in total. The molecule has 3 nitrogen and oxygen atoms in total. The van der Waals surface area contributed by atoms with E-state index in [0.717, 1.165) is 6.42 Å². The Kier molecular flexibility index (Phi) is 5.60. The molecule has 20 heavy (non-hydrogen) atoms. The number of hydrogen-bond acceptors (Lipinski definition) is 2. The van der Waals surface area contributed by atoms with E-state index >= 15 is 0 Å². The van der Waals surface area contributed by atoms with Crippen LogP contribution in [0.5, 0.6) is 0 Å². The Labute approximate surface area is 122 Å². The predicted molar refractivity (Wildman–Crippen MR) is 82.4 cm³/mol. The van der Waals surface area contributed by atoms with Gasteiger partial charge in [-0.1, -0.05) is 50.1 Å². The molecule has 1 amide bonds. The summed E-state index contributed by atoms with van der Waals surface area (Å²) in [6.45, 7) is 4.72.